The lowest BCUT2D eigenvalue weighted by Gasteiger charge is -2.39. The Kier molecular flexibility index (Phi) is 1.52. The first kappa shape index (κ1) is 7.37. The Hall–Kier alpha value is -0.0400. The first-order valence-corrected chi connectivity index (χ1v) is 5.51. The van der Waals surface area contributed by atoms with Gasteiger partial charge in [-0.2, -0.15) is 0 Å². The summed E-state index contributed by atoms with van der Waals surface area (Å²) in [6.45, 7) is 0.471. The van der Waals surface area contributed by atoms with Crippen LogP contribution in [0.25, 0.3) is 0 Å². The average molecular weight is 166 g/mol. The van der Waals surface area contributed by atoms with Gasteiger partial charge in [0.15, 0.2) is 0 Å². The van der Waals surface area contributed by atoms with Gasteiger partial charge in [0.25, 0.3) is 0 Å². The Morgan fingerprint density at radius 2 is 1.92 bits per heavy atom. The normalized spacial score (nSPS) is 56.2. The van der Waals surface area contributed by atoms with E-state index in [1.54, 1.807) is 0 Å². The van der Waals surface area contributed by atoms with Crippen LogP contribution in [0.2, 0.25) is 0 Å². The van der Waals surface area contributed by atoms with Crippen LogP contribution in [0.3, 0.4) is 0 Å². The first-order valence-electron chi connectivity index (χ1n) is 5.51. The molecule has 3 aliphatic carbocycles. The highest BCUT2D eigenvalue weighted by Crippen LogP contribution is 2.60. The van der Waals surface area contributed by atoms with E-state index in [9.17, 15) is 5.11 Å². The van der Waals surface area contributed by atoms with Crippen molar-refractivity contribution in [1.82, 2.24) is 0 Å². The molecular weight excluding hydrogens is 148 g/mol. The molecule has 0 aromatic rings. The predicted octanol–water partition coefficient (Wildman–Crippen LogP) is 2.05. The zero-order valence-electron chi connectivity index (χ0n) is 7.58. The minimum Gasteiger partial charge on any atom is -0.396 e. The van der Waals surface area contributed by atoms with Crippen molar-refractivity contribution in [3.05, 3.63) is 0 Å². The topological polar surface area (TPSA) is 20.2 Å². The van der Waals surface area contributed by atoms with Crippen molar-refractivity contribution in [2.75, 3.05) is 6.61 Å². The van der Waals surface area contributed by atoms with Crippen LogP contribution in [0.1, 0.15) is 32.1 Å². The third kappa shape index (κ3) is 0.783. The molecule has 0 saturated heterocycles. The summed E-state index contributed by atoms with van der Waals surface area (Å²) in [5.74, 6) is 4.63. The Labute approximate surface area is 74.2 Å². The molecule has 1 heteroatoms. The molecule has 0 radical (unpaired) electrons. The van der Waals surface area contributed by atoms with Gasteiger partial charge in [0.1, 0.15) is 0 Å². The molecular formula is C11H18O. The van der Waals surface area contributed by atoms with Gasteiger partial charge < -0.3 is 5.11 Å². The van der Waals surface area contributed by atoms with Gasteiger partial charge in [-0.1, -0.05) is 12.8 Å². The van der Waals surface area contributed by atoms with Crippen LogP contribution in [0, 0.1) is 29.6 Å². The number of rotatable bonds is 1. The van der Waals surface area contributed by atoms with Gasteiger partial charge in [-0.15, -0.1) is 0 Å². The quantitative estimate of drug-likeness (QED) is 0.632. The fourth-order valence-corrected chi connectivity index (χ4v) is 4.40. The van der Waals surface area contributed by atoms with E-state index in [1.165, 1.54) is 32.1 Å². The lowest BCUT2D eigenvalue weighted by molar-refractivity contribution is 0.0624. The second kappa shape index (κ2) is 2.47. The fourth-order valence-electron chi connectivity index (χ4n) is 4.40. The lowest BCUT2D eigenvalue weighted by Crippen LogP contribution is -2.33. The predicted molar refractivity (Wildman–Crippen MR) is 47.6 cm³/mol. The van der Waals surface area contributed by atoms with Gasteiger partial charge in [-0.3, -0.25) is 0 Å². The van der Waals surface area contributed by atoms with E-state index >= 15 is 0 Å². The number of aliphatic hydroxyl groups is 1. The molecule has 2 bridgehead atoms. The highest BCUT2D eigenvalue weighted by atomic mass is 16.3. The largest absolute Gasteiger partial charge is 0.396 e. The highest BCUT2D eigenvalue weighted by Gasteiger charge is 2.52. The minimum absolute atomic E-state index is 0.471. The molecule has 0 aromatic carbocycles. The highest BCUT2D eigenvalue weighted by molar-refractivity contribution is 5.02. The summed E-state index contributed by atoms with van der Waals surface area (Å²) in [6.07, 6.45) is 7.26. The molecule has 3 rings (SSSR count). The summed E-state index contributed by atoms with van der Waals surface area (Å²) in [4.78, 5) is 0. The fraction of sp³-hybridized carbons (Fsp3) is 1.00. The van der Waals surface area contributed by atoms with Crippen molar-refractivity contribution in [3.8, 4) is 0 Å². The van der Waals surface area contributed by atoms with Crippen LogP contribution in [0.15, 0.2) is 0 Å². The third-order valence-corrected chi connectivity index (χ3v) is 4.81. The summed E-state index contributed by atoms with van der Waals surface area (Å²) in [5, 5.41) is 9.30. The van der Waals surface area contributed by atoms with Gasteiger partial charge in [0.2, 0.25) is 0 Å². The second-order valence-electron chi connectivity index (χ2n) is 5.10. The van der Waals surface area contributed by atoms with E-state index in [0.29, 0.717) is 12.5 Å². The van der Waals surface area contributed by atoms with Crippen molar-refractivity contribution < 1.29 is 5.11 Å². The van der Waals surface area contributed by atoms with Gasteiger partial charge in [0.05, 0.1) is 0 Å². The lowest BCUT2D eigenvalue weighted by atomic mass is 9.67. The van der Waals surface area contributed by atoms with Crippen LogP contribution < -0.4 is 0 Å². The molecule has 3 saturated carbocycles. The molecule has 0 amide bonds. The van der Waals surface area contributed by atoms with E-state index < -0.39 is 0 Å². The van der Waals surface area contributed by atoms with Crippen LogP contribution in [-0.2, 0) is 0 Å². The van der Waals surface area contributed by atoms with Crippen LogP contribution >= 0.6 is 0 Å². The molecule has 5 atom stereocenters. The molecule has 0 unspecified atom stereocenters. The number of hydrogen-bond donors (Lipinski definition) is 1. The van der Waals surface area contributed by atoms with Crippen LogP contribution in [-0.4, -0.2) is 11.7 Å². The van der Waals surface area contributed by atoms with Crippen molar-refractivity contribution in [2.45, 2.75) is 32.1 Å². The molecule has 68 valence electrons. The Morgan fingerprint density at radius 1 is 1.00 bits per heavy atom. The van der Waals surface area contributed by atoms with Gasteiger partial charge in [-0.25, -0.2) is 0 Å². The molecule has 0 aromatic heterocycles. The standard InChI is InChI=1S/C11H18O/c12-6-11-8-4-7-2-1-3-9(11)10(7)5-8/h7-12H,1-6H2/t7-,8+,9-,10+,11+/m0/s1. The summed E-state index contributed by atoms with van der Waals surface area (Å²) >= 11 is 0. The molecule has 3 aliphatic rings. The van der Waals surface area contributed by atoms with Gasteiger partial charge >= 0.3 is 0 Å². The minimum atomic E-state index is 0.471. The molecule has 3 fully saturated rings. The Balaban J connectivity index is 1.87. The molecule has 1 nitrogen and oxygen atoms in total. The summed E-state index contributed by atoms with van der Waals surface area (Å²) in [7, 11) is 0. The SMILES string of the molecule is OC[C@@H]1[C@@H]2C[C@@H]3CCC[C@H]1[C@@H]3C2. The zero-order valence-corrected chi connectivity index (χ0v) is 7.58. The second-order valence-corrected chi connectivity index (χ2v) is 5.10. The van der Waals surface area contributed by atoms with E-state index in [0.717, 1.165) is 23.7 Å². The summed E-state index contributed by atoms with van der Waals surface area (Å²) in [5.41, 5.74) is 0. The molecule has 0 spiro atoms. The summed E-state index contributed by atoms with van der Waals surface area (Å²) in [6, 6.07) is 0. The van der Waals surface area contributed by atoms with Crippen molar-refractivity contribution in [2.24, 2.45) is 29.6 Å². The zero-order chi connectivity index (χ0) is 8.13. The maximum atomic E-state index is 9.30. The van der Waals surface area contributed by atoms with E-state index in [-0.39, 0.29) is 0 Å². The maximum absolute atomic E-state index is 9.30. The Bertz CT molecular complexity index is 185. The van der Waals surface area contributed by atoms with Crippen molar-refractivity contribution in [3.63, 3.8) is 0 Å². The monoisotopic (exact) mass is 166 g/mol. The van der Waals surface area contributed by atoms with Crippen LogP contribution in [0.5, 0.6) is 0 Å². The van der Waals surface area contributed by atoms with E-state index in [2.05, 4.69) is 0 Å². The number of hydrogen-bond acceptors (Lipinski definition) is 1. The average Bonchev–Trinajstić information content (AvgIpc) is 2.60. The molecule has 0 heterocycles. The third-order valence-electron chi connectivity index (χ3n) is 4.81. The van der Waals surface area contributed by atoms with Gasteiger partial charge in [0, 0.05) is 6.61 Å². The first-order chi connectivity index (χ1) is 5.90. The van der Waals surface area contributed by atoms with E-state index in [4.69, 9.17) is 0 Å². The smallest absolute Gasteiger partial charge is 0.0464 e. The van der Waals surface area contributed by atoms with Crippen molar-refractivity contribution in [1.29, 1.82) is 0 Å². The Morgan fingerprint density at radius 3 is 2.75 bits per heavy atom. The molecule has 1 N–H and O–H groups in total. The molecule has 12 heavy (non-hydrogen) atoms. The van der Waals surface area contributed by atoms with E-state index in [1.807, 2.05) is 0 Å². The number of fused-ring (bicyclic) bond motifs is 1. The van der Waals surface area contributed by atoms with Crippen LogP contribution in [0.4, 0.5) is 0 Å². The summed E-state index contributed by atoms with van der Waals surface area (Å²) < 4.78 is 0. The maximum Gasteiger partial charge on any atom is 0.0464 e. The number of aliphatic hydroxyl groups excluding tert-OH is 1. The molecule has 0 aliphatic heterocycles. The van der Waals surface area contributed by atoms with Gasteiger partial charge in [-0.05, 0) is 48.9 Å². The van der Waals surface area contributed by atoms with Crippen molar-refractivity contribution >= 4 is 0 Å².